The topological polar surface area (TPSA) is 123 Å². The van der Waals surface area contributed by atoms with Crippen LogP contribution in [-0.2, 0) is 10.0 Å². The Balaban J connectivity index is 1.68. The van der Waals surface area contributed by atoms with Gasteiger partial charge in [-0.25, -0.2) is 12.7 Å². The highest BCUT2D eigenvalue weighted by atomic mass is 32.2. The maximum atomic E-state index is 12.9. The first-order chi connectivity index (χ1) is 14.2. The molecule has 1 aromatic carbocycles. The second-order valence-electron chi connectivity index (χ2n) is 7.19. The molecule has 3 rings (SSSR count). The van der Waals surface area contributed by atoms with Gasteiger partial charge in [0.1, 0.15) is 17.5 Å². The van der Waals surface area contributed by atoms with Crippen molar-refractivity contribution in [1.82, 2.24) is 14.2 Å². The second-order valence-corrected chi connectivity index (χ2v) is 9.34. The molecule has 2 N–H and O–H groups in total. The average Bonchev–Trinajstić information content (AvgIpc) is 2.73. The van der Waals surface area contributed by atoms with E-state index in [1.807, 2.05) is 0 Å². The van der Waals surface area contributed by atoms with Gasteiger partial charge in [0.15, 0.2) is 0 Å². The summed E-state index contributed by atoms with van der Waals surface area (Å²) in [5.41, 5.74) is 5.77. The number of primary amides is 1. The van der Waals surface area contributed by atoms with Gasteiger partial charge in [0.25, 0.3) is 11.8 Å². The molecule has 0 bridgehead atoms. The third-order valence-electron chi connectivity index (χ3n) is 4.83. The molecule has 2 amide bonds. The summed E-state index contributed by atoms with van der Waals surface area (Å²) in [5, 5.41) is 0. The molecule has 2 heterocycles. The minimum atomic E-state index is -3.55. The minimum Gasteiger partial charge on any atom is -0.488 e. The van der Waals surface area contributed by atoms with E-state index in [-0.39, 0.29) is 22.6 Å². The molecule has 0 aliphatic carbocycles. The number of hydrogen-bond acceptors (Lipinski definition) is 6. The van der Waals surface area contributed by atoms with Crippen LogP contribution in [0, 0.1) is 0 Å². The molecule has 2 aromatic rings. The summed E-state index contributed by atoms with van der Waals surface area (Å²) in [6.45, 7) is 0.962. The largest absolute Gasteiger partial charge is 0.488 e. The fourth-order valence-electron chi connectivity index (χ4n) is 3.19. The van der Waals surface area contributed by atoms with Crippen LogP contribution in [0.3, 0.4) is 0 Å². The zero-order valence-corrected chi connectivity index (χ0v) is 17.6. The first-order valence-corrected chi connectivity index (χ1v) is 10.9. The Morgan fingerprint density at radius 1 is 1.20 bits per heavy atom. The van der Waals surface area contributed by atoms with Gasteiger partial charge in [0.2, 0.25) is 10.0 Å². The molecule has 1 fully saturated rings. The summed E-state index contributed by atoms with van der Waals surface area (Å²) in [7, 11) is -0.635. The lowest BCUT2D eigenvalue weighted by Crippen LogP contribution is -2.44. The number of likely N-dealkylation sites (tertiary alicyclic amines) is 1. The number of aromatic nitrogens is 1. The monoisotopic (exact) mass is 432 g/mol. The number of carbonyl (C=O) groups is 2. The number of hydrogen-bond donors (Lipinski definition) is 1. The first kappa shape index (κ1) is 21.7. The number of piperidine rings is 1. The molecule has 10 heteroatoms. The highest BCUT2D eigenvalue weighted by molar-refractivity contribution is 7.89. The van der Waals surface area contributed by atoms with Gasteiger partial charge < -0.3 is 15.4 Å². The quantitative estimate of drug-likeness (QED) is 0.730. The van der Waals surface area contributed by atoms with Crippen LogP contribution >= 0.6 is 0 Å². The standard InChI is InChI=1S/C20H24N4O5S/c1-23(2)30(27,28)17-7-5-14(6-8-17)20(26)24-11-3-4-16(13-24)29-15-9-10-22-18(12-15)19(21)25/h5-10,12,16H,3-4,11,13H2,1-2H3,(H2,21,25). The van der Waals surface area contributed by atoms with E-state index in [2.05, 4.69) is 4.98 Å². The van der Waals surface area contributed by atoms with E-state index in [4.69, 9.17) is 10.5 Å². The molecule has 1 atom stereocenters. The normalized spacial score (nSPS) is 17.0. The highest BCUT2D eigenvalue weighted by Gasteiger charge is 2.26. The molecule has 9 nitrogen and oxygen atoms in total. The van der Waals surface area contributed by atoms with Crippen molar-refractivity contribution in [2.45, 2.75) is 23.8 Å². The van der Waals surface area contributed by atoms with E-state index < -0.39 is 15.9 Å². The highest BCUT2D eigenvalue weighted by Crippen LogP contribution is 2.21. The van der Waals surface area contributed by atoms with Crippen molar-refractivity contribution in [3.05, 3.63) is 53.9 Å². The fraction of sp³-hybridized carbons (Fsp3) is 0.350. The Hall–Kier alpha value is -2.98. The van der Waals surface area contributed by atoms with Crippen LogP contribution in [0.15, 0.2) is 47.5 Å². The van der Waals surface area contributed by atoms with Crippen LogP contribution in [0.1, 0.15) is 33.7 Å². The lowest BCUT2D eigenvalue weighted by atomic mass is 10.1. The Morgan fingerprint density at radius 3 is 2.53 bits per heavy atom. The molecule has 160 valence electrons. The molecule has 0 spiro atoms. The van der Waals surface area contributed by atoms with Crippen molar-refractivity contribution >= 4 is 21.8 Å². The van der Waals surface area contributed by atoms with Gasteiger partial charge >= 0.3 is 0 Å². The Labute approximate surface area is 175 Å². The molecular formula is C20H24N4O5S. The van der Waals surface area contributed by atoms with E-state index in [0.29, 0.717) is 24.4 Å². The van der Waals surface area contributed by atoms with Crippen molar-refractivity contribution in [3.8, 4) is 5.75 Å². The van der Waals surface area contributed by atoms with E-state index in [0.717, 1.165) is 17.1 Å². The summed E-state index contributed by atoms with van der Waals surface area (Å²) in [6.07, 6.45) is 2.74. The lowest BCUT2D eigenvalue weighted by Gasteiger charge is -2.33. The average molecular weight is 433 g/mol. The van der Waals surface area contributed by atoms with Gasteiger partial charge in [-0.3, -0.25) is 14.6 Å². The van der Waals surface area contributed by atoms with Gasteiger partial charge in [-0.1, -0.05) is 0 Å². The molecule has 1 saturated heterocycles. The smallest absolute Gasteiger partial charge is 0.267 e. The van der Waals surface area contributed by atoms with Crippen molar-refractivity contribution < 1.29 is 22.7 Å². The van der Waals surface area contributed by atoms with E-state index >= 15 is 0 Å². The number of amides is 2. The molecule has 30 heavy (non-hydrogen) atoms. The number of carbonyl (C=O) groups excluding carboxylic acids is 2. The van der Waals surface area contributed by atoms with Crippen molar-refractivity contribution in [3.63, 3.8) is 0 Å². The summed E-state index contributed by atoms with van der Waals surface area (Å²) in [6, 6.07) is 9.02. The zero-order valence-electron chi connectivity index (χ0n) is 16.8. The van der Waals surface area contributed by atoms with Crippen molar-refractivity contribution in [2.75, 3.05) is 27.2 Å². The Morgan fingerprint density at radius 2 is 1.90 bits per heavy atom. The van der Waals surface area contributed by atoms with Crippen LogP contribution in [0.5, 0.6) is 5.75 Å². The summed E-state index contributed by atoms with van der Waals surface area (Å²) < 4.78 is 31.4. The van der Waals surface area contributed by atoms with Crippen LogP contribution in [0.25, 0.3) is 0 Å². The molecule has 0 saturated carbocycles. The first-order valence-electron chi connectivity index (χ1n) is 9.43. The molecule has 1 aromatic heterocycles. The van der Waals surface area contributed by atoms with E-state index in [1.165, 1.54) is 50.6 Å². The third-order valence-corrected chi connectivity index (χ3v) is 6.66. The van der Waals surface area contributed by atoms with Crippen molar-refractivity contribution in [1.29, 1.82) is 0 Å². The zero-order chi connectivity index (χ0) is 21.9. The number of nitrogens with two attached hydrogens (primary N) is 1. The predicted octanol–water partition coefficient (Wildman–Crippen LogP) is 1.11. The molecule has 1 unspecified atom stereocenters. The van der Waals surface area contributed by atoms with Crippen LogP contribution in [-0.4, -0.2) is 67.7 Å². The van der Waals surface area contributed by atoms with E-state index in [9.17, 15) is 18.0 Å². The molecule has 1 aliphatic heterocycles. The van der Waals surface area contributed by atoms with Crippen LogP contribution in [0.2, 0.25) is 0 Å². The molecule has 0 radical (unpaired) electrons. The number of ether oxygens (including phenoxy) is 1. The predicted molar refractivity (Wildman–Crippen MR) is 110 cm³/mol. The van der Waals surface area contributed by atoms with Gasteiger partial charge in [0, 0.05) is 38.5 Å². The maximum absolute atomic E-state index is 12.9. The molecule has 1 aliphatic rings. The SMILES string of the molecule is CN(C)S(=O)(=O)c1ccc(C(=O)N2CCCC(Oc3ccnc(C(N)=O)c3)C2)cc1. The fourth-order valence-corrected chi connectivity index (χ4v) is 4.10. The summed E-state index contributed by atoms with van der Waals surface area (Å²) in [4.78, 5) is 29.8. The van der Waals surface area contributed by atoms with Gasteiger partial charge in [-0.05, 0) is 43.2 Å². The molecular weight excluding hydrogens is 408 g/mol. The van der Waals surface area contributed by atoms with Gasteiger partial charge in [-0.2, -0.15) is 0 Å². The van der Waals surface area contributed by atoms with Gasteiger partial charge in [-0.15, -0.1) is 0 Å². The summed E-state index contributed by atoms with van der Waals surface area (Å²) >= 11 is 0. The van der Waals surface area contributed by atoms with Crippen LogP contribution in [0.4, 0.5) is 0 Å². The number of rotatable bonds is 6. The lowest BCUT2D eigenvalue weighted by molar-refractivity contribution is 0.0537. The van der Waals surface area contributed by atoms with Crippen molar-refractivity contribution in [2.24, 2.45) is 5.73 Å². The van der Waals surface area contributed by atoms with E-state index in [1.54, 1.807) is 11.0 Å². The van der Waals surface area contributed by atoms with Crippen LogP contribution < -0.4 is 10.5 Å². The second kappa shape index (κ2) is 8.80. The number of benzene rings is 1. The number of pyridine rings is 1. The Kier molecular flexibility index (Phi) is 6.37. The Bertz CT molecular complexity index is 1040. The number of sulfonamides is 1. The maximum Gasteiger partial charge on any atom is 0.267 e. The minimum absolute atomic E-state index is 0.115. The van der Waals surface area contributed by atoms with Gasteiger partial charge in [0.05, 0.1) is 11.4 Å². The third kappa shape index (κ3) is 4.77. The summed E-state index contributed by atoms with van der Waals surface area (Å²) in [5.74, 6) is -0.360. The number of nitrogens with zero attached hydrogens (tertiary/aromatic N) is 3.